The lowest BCUT2D eigenvalue weighted by atomic mass is 9.89. The number of benzene rings is 2. The molecule has 0 bridgehead atoms. The Balaban J connectivity index is 2.03. The van der Waals surface area contributed by atoms with Gasteiger partial charge in [0.05, 0.1) is 19.3 Å². The lowest BCUT2D eigenvalue weighted by Crippen LogP contribution is -2.45. The third kappa shape index (κ3) is 5.07. The van der Waals surface area contributed by atoms with Crippen LogP contribution >= 0.6 is 12.2 Å². The molecule has 1 heterocycles. The number of carbonyl (C=O) groups excluding carboxylic acids is 1. The third-order valence-corrected chi connectivity index (χ3v) is 5.78. The molecule has 0 spiro atoms. The van der Waals surface area contributed by atoms with Gasteiger partial charge in [-0.2, -0.15) is 0 Å². The van der Waals surface area contributed by atoms with Gasteiger partial charge in [0.1, 0.15) is 0 Å². The molecule has 5 nitrogen and oxygen atoms in total. The Morgan fingerprint density at radius 2 is 1.84 bits per heavy atom. The number of unbranched alkanes of at least 4 members (excludes halogenated alkanes) is 1. The van der Waals surface area contributed by atoms with Crippen LogP contribution < -0.4 is 14.8 Å². The molecular weight excluding hydrogens is 408 g/mol. The normalized spacial score (nSPS) is 16.2. The molecule has 1 aliphatic heterocycles. The monoisotopic (exact) mass is 438 g/mol. The first-order valence-electron chi connectivity index (χ1n) is 10.7. The van der Waals surface area contributed by atoms with Gasteiger partial charge in [0.15, 0.2) is 22.4 Å². The molecule has 1 unspecified atom stereocenters. The number of hydrogen-bond acceptors (Lipinski definition) is 4. The molecule has 2 aromatic carbocycles. The van der Waals surface area contributed by atoms with Crippen LogP contribution in [0.3, 0.4) is 0 Å². The van der Waals surface area contributed by atoms with Gasteiger partial charge in [-0.15, -0.1) is 0 Å². The summed E-state index contributed by atoms with van der Waals surface area (Å²) >= 11 is 5.53. The fraction of sp³-hybridized carbons (Fsp3) is 0.360. The van der Waals surface area contributed by atoms with Crippen LogP contribution in [0.15, 0.2) is 59.8 Å². The summed E-state index contributed by atoms with van der Waals surface area (Å²) in [6, 6.07) is 14.8. The van der Waals surface area contributed by atoms with Crippen molar-refractivity contribution in [2.24, 2.45) is 0 Å². The van der Waals surface area contributed by atoms with Crippen LogP contribution in [0.2, 0.25) is 0 Å². The van der Waals surface area contributed by atoms with E-state index in [0.29, 0.717) is 41.0 Å². The maximum absolute atomic E-state index is 13.5. The smallest absolute Gasteiger partial charge is 0.193 e. The summed E-state index contributed by atoms with van der Waals surface area (Å²) in [5.74, 6) is 1.37. The number of ketones is 1. The number of rotatable bonds is 9. The molecule has 164 valence electrons. The van der Waals surface area contributed by atoms with Crippen molar-refractivity contribution >= 4 is 23.1 Å². The zero-order valence-corrected chi connectivity index (χ0v) is 19.4. The summed E-state index contributed by atoms with van der Waals surface area (Å²) in [5, 5.41) is 3.91. The van der Waals surface area contributed by atoms with Crippen LogP contribution in [-0.2, 0) is 0 Å². The summed E-state index contributed by atoms with van der Waals surface area (Å²) < 4.78 is 11.8. The van der Waals surface area contributed by atoms with E-state index >= 15 is 0 Å². The molecule has 6 heteroatoms. The molecule has 0 fully saturated rings. The molecule has 0 radical (unpaired) electrons. The second-order valence-corrected chi connectivity index (χ2v) is 7.86. The molecule has 0 amide bonds. The highest BCUT2D eigenvalue weighted by Crippen LogP contribution is 2.37. The van der Waals surface area contributed by atoms with Crippen molar-refractivity contribution in [2.45, 2.75) is 39.7 Å². The minimum atomic E-state index is -0.375. The number of ether oxygens (including phenoxy) is 2. The average Bonchev–Trinajstić information content (AvgIpc) is 2.78. The maximum atomic E-state index is 13.5. The number of hydrogen-bond donors (Lipinski definition) is 1. The van der Waals surface area contributed by atoms with Crippen molar-refractivity contribution in [2.75, 3.05) is 20.3 Å². The van der Waals surface area contributed by atoms with Crippen molar-refractivity contribution in [3.05, 3.63) is 70.9 Å². The van der Waals surface area contributed by atoms with E-state index in [2.05, 4.69) is 12.2 Å². The number of nitrogens with one attached hydrogen (secondary N) is 1. The van der Waals surface area contributed by atoms with Crippen LogP contribution in [0, 0.1) is 0 Å². The Bertz CT molecular complexity index is 972. The van der Waals surface area contributed by atoms with Crippen molar-refractivity contribution < 1.29 is 14.3 Å². The van der Waals surface area contributed by atoms with Crippen molar-refractivity contribution in [1.29, 1.82) is 0 Å². The van der Waals surface area contributed by atoms with Gasteiger partial charge in [0.25, 0.3) is 0 Å². The van der Waals surface area contributed by atoms with E-state index in [1.54, 1.807) is 0 Å². The van der Waals surface area contributed by atoms with Crippen LogP contribution in [0.25, 0.3) is 0 Å². The van der Waals surface area contributed by atoms with Gasteiger partial charge in [0.2, 0.25) is 0 Å². The summed E-state index contributed by atoms with van der Waals surface area (Å²) in [6.45, 7) is 7.17. The van der Waals surface area contributed by atoms with Gasteiger partial charge in [-0.25, -0.2) is 0 Å². The molecular formula is C25H30N2O3S. The number of thiocarbonyl (C=S) groups is 1. The standard InChI is InChI=1S/C25H30N2O3S/c1-5-7-15-30-20-14-13-19(16-21(20)29-6-2)23-22(17(3)27(4)25(31)26-23)24(28)18-11-9-8-10-12-18/h8-14,16,23H,5-7,15H2,1-4H3,(H,26,31). The molecule has 2 aromatic rings. The van der Waals surface area contributed by atoms with E-state index in [9.17, 15) is 4.79 Å². The molecule has 1 atom stereocenters. The highest BCUT2D eigenvalue weighted by Gasteiger charge is 2.33. The predicted octanol–water partition coefficient (Wildman–Crippen LogP) is 5.28. The lowest BCUT2D eigenvalue weighted by molar-refractivity contribution is 0.102. The molecule has 1 N–H and O–H groups in total. The van der Waals surface area contributed by atoms with Crippen molar-refractivity contribution in [3.8, 4) is 11.5 Å². The summed E-state index contributed by atoms with van der Waals surface area (Å²) in [7, 11) is 1.87. The number of nitrogens with zero attached hydrogens (tertiary/aromatic N) is 1. The molecule has 0 aliphatic carbocycles. The van der Waals surface area contributed by atoms with Gasteiger partial charge in [0, 0.05) is 23.9 Å². The molecule has 0 saturated heterocycles. The van der Waals surface area contributed by atoms with Gasteiger partial charge in [-0.1, -0.05) is 49.7 Å². The number of Topliss-reactive ketones (excluding diaryl/α,β-unsaturated/α-hetero) is 1. The number of carbonyl (C=O) groups is 1. The van der Waals surface area contributed by atoms with Crippen molar-refractivity contribution in [3.63, 3.8) is 0 Å². The van der Waals surface area contributed by atoms with E-state index in [0.717, 1.165) is 24.1 Å². The Hall–Kier alpha value is -2.86. The molecule has 3 rings (SSSR count). The highest BCUT2D eigenvalue weighted by molar-refractivity contribution is 7.80. The van der Waals surface area contributed by atoms with E-state index in [1.165, 1.54) is 0 Å². The number of allylic oxidation sites excluding steroid dienone is 1. The fourth-order valence-electron chi connectivity index (χ4n) is 3.54. The fourth-order valence-corrected chi connectivity index (χ4v) is 3.80. The topological polar surface area (TPSA) is 50.8 Å². The van der Waals surface area contributed by atoms with Crippen molar-refractivity contribution in [1.82, 2.24) is 10.2 Å². The lowest BCUT2D eigenvalue weighted by Gasteiger charge is -2.36. The summed E-state index contributed by atoms with van der Waals surface area (Å²) in [4.78, 5) is 15.3. The Morgan fingerprint density at radius 1 is 1.10 bits per heavy atom. The van der Waals surface area contributed by atoms with E-state index in [-0.39, 0.29) is 11.8 Å². The SMILES string of the molecule is CCCCOc1ccc(C2NC(=S)N(C)C(C)=C2C(=O)c2ccccc2)cc1OCC. The largest absolute Gasteiger partial charge is 0.490 e. The quantitative estimate of drug-likeness (QED) is 0.326. The zero-order valence-electron chi connectivity index (χ0n) is 18.6. The van der Waals surface area contributed by atoms with Gasteiger partial charge in [-0.05, 0) is 50.2 Å². The highest BCUT2D eigenvalue weighted by atomic mass is 32.1. The Morgan fingerprint density at radius 3 is 2.52 bits per heavy atom. The van der Waals surface area contributed by atoms with Crippen LogP contribution in [0.1, 0.15) is 55.6 Å². The molecule has 1 aliphatic rings. The zero-order chi connectivity index (χ0) is 22.4. The maximum Gasteiger partial charge on any atom is 0.193 e. The second kappa shape index (κ2) is 10.4. The van der Waals surface area contributed by atoms with Crippen LogP contribution in [0.5, 0.6) is 11.5 Å². The Kier molecular flexibility index (Phi) is 7.69. The first kappa shape index (κ1) is 22.8. The van der Waals surface area contributed by atoms with E-state index in [1.807, 2.05) is 74.3 Å². The average molecular weight is 439 g/mol. The summed E-state index contributed by atoms with van der Waals surface area (Å²) in [6.07, 6.45) is 2.05. The molecule has 0 aromatic heterocycles. The first-order chi connectivity index (χ1) is 15.0. The predicted molar refractivity (Wildman–Crippen MR) is 128 cm³/mol. The minimum absolute atomic E-state index is 0.0221. The van der Waals surface area contributed by atoms with E-state index < -0.39 is 0 Å². The first-order valence-corrected chi connectivity index (χ1v) is 11.1. The molecule has 31 heavy (non-hydrogen) atoms. The second-order valence-electron chi connectivity index (χ2n) is 7.48. The third-order valence-electron chi connectivity index (χ3n) is 5.39. The van der Waals surface area contributed by atoms with Gasteiger partial charge < -0.3 is 19.7 Å². The summed E-state index contributed by atoms with van der Waals surface area (Å²) in [5.41, 5.74) is 3.06. The van der Waals surface area contributed by atoms with E-state index in [4.69, 9.17) is 21.7 Å². The minimum Gasteiger partial charge on any atom is -0.490 e. The van der Waals surface area contributed by atoms with Gasteiger partial charge in [-0.3, -0.25) is 4.79 Å². The van der Waals surface area contributed by atoms with Crippen LogP contribution in [0.4, 0.5) is 0 Å². The Labute approximate surface area is 190 Å². The van der Waals surface area contributed by atoms with Crippen LogP contribution in [-0.4, -0.2) is 36.1 Å². The van der Waals surface area contributed by atoms with Gasteiger partial charge >= 0.3 is 0 Å². The molecule has 0 saturated carbocycles.